The normalized spacial score (nSPS) is 12.2. The van der Waals surface area contributed by atoms with Gasteiger partial charge in [0.15, 0.2) is 0 Å². The Morgan fingerprint density at radius 2 is 1.60 bits per heavy atom. The average Bonchev–Trinajstić information content (AvgIpc) is 2.56. The van der Waals surface area contributed by atoms with Gasteiger partial charge in [-0.1, -0.05) is 32.0 Å². The topological polar surface area (TPSA) is 81.7 Å². The monoisotopic (exact) mass is 347 g/mol. The summed E-state index contributed by atoms with van der Waals surface area (Å²) in [7, 11) is 0. The largest absolute Gasteiger partial charge is 0.460 e. The van der Waals surface area contributed by atoms with Crippen LogP contribution in [-0.4, -0.2) is 36.6 Å². The van der Waals surface area contributed by atoms with E-state index in [4.69, 9.17) is 9.47 Å². The molecule has 1 aromatic rings. The summed E-state index contributed by atoms with van der Waals surface area (Å²) in [5.41, 5.74) is 0.538. The Morgan fingerprint density at radius 3 is 2.16 bits per heavy atom. The lowest BCUT2D eigenvalue weighted by molar-refractivity contribution is -0.143. The Balaban J connectivity index is 2.53. The molecule has 6 nitrogen and oxygen atoms in total. The lowest BCUT2D eigenvalue weighted by Crippen LogP contribution is -2.42. The highest BCUT2D eigenvalue weighted by Crippen LogP contribution is 2.06. The first-order valence-corrected chi connectivity index (χ1v) is 8.21. The van der Waals surface area contributed by atoms with Crippen LogP contribution in [0.25, 0.3) is 0 Å². The predicted octanol–water partition coefficient (Wildman–Crippen LogP) is 2.49. The third-order valence-corrected chi connectivity index (χ3v) is 3.27. The maximum atomic E-state index is 12.2. The second kappa shape index (κ2) is 10.3. The van der Waals surface area contributed by atoms with Crippen LogP contribution in [0.15, 0.2) is 42.5 Å². The predicted molar refractivity (Wildman–Crippen MR) is 93.9 cm³/mol. The number of esters is 2. The quantitative estimate of drug-likeness (QED) is 0.577. The van der Waals surface area contributed by atoms with Gasteiger partial charge in [-0.25, -0.2) is 9.59 Å². The first-order valence-electron chi connectivity index (χ1n) is 8.21. The molecule has 0 saturated carbocycles. The summed E-state index contributed by atoms with van der Waals surface area (Å²) in [5.74, 6) is -1.44. The van der Waals surface area contributed by atoms with E-state index in [0.717, 1.165) is 12.2 Å². The molecule has 1 rings (SSSR count). The highest BCUT2D eigenvalue weighted by molar-refractivity contribution is 5.94. The van der Waals surface area contributed by atoms with Gasteiger partial charge in [0.2, 0.25) is 0 Å². The highest BCUT2D eigenvalue weighted by Gasteiger charge is 2.18. The van der Waals surface area contributed by atoms with Crippen molar-refractivity contribution in [3.8, 4) is 0 Å². The van der Waals surface area contributed by atoms with Crippen molar-refractivity contribution in [1.29, 1.82) is 0 Å². The van der Waals surface area contributed by atoms with Gasteiger partial charge < -0.3 is 14.8 Å². The van der Waals surface area contributed by atoms with Crippen LogP contribution in [0.5, 0.6) is 0 Å². The van der Waals surface area contributed by atoms with Gasteiger partial charge in [-0.15, -0.1) is 0 Å². The lowest BCUT2D eigenvalue weighted by atomic mass is 10.0. The van der Waals surface area contributed by atoms with Crippen LogP contribution in [0.1, 0.15) is 38.1 Å². The minimum absolute atomic E-state index is 0.0125. The highest BCUT2D eigenvalue weighted by atomic mass is 16.5. The van der Waals surface area contributed by atoms with E-state index in [9.17, 15) is 14.4 Å². The van der Waals surface area contributed by atoms with Crippen molar-refractivity contribution in [2.45, 2.75) is 39.8 Å². The maximum absolute atomic E-state index is 12.2. The molecule has 136 valence electrons. The smallest absolute Gasteiger partial charge is 0.331 e. The van der Waals surface area contributed by atoms with Crippen LogP contribution < -0.4 is 5.32 Å². The number of hydrogen-bond donors (Lipinski definition) is 1. The third kappa shape index (κ3) is 8.15. The molecule has 0 aromatic heterocycles. The molecule has 1 aromatic carbocycles. The molecule has 0 bridgehead atoms. The number of ether oxygens (including phenoxy) is 2. The number of nitrogens with one attached hydrogen (secondary N) is 1. The van der Waals surface area contributed by atoms with E-state index in [1.54, 1.807) is 38.1 Å². The van der Waals surface area contributed by atoms with Crippen molar-refractivity contribution in [2.24, 2.45) is 5.92 Å². The summed E-state index contributed by atoms with van der Waals surface area (Å²) < 4.78 is 9.98. The minimum Gasteiger partial charge on any atom is -0.460 e. The summed E-state index contributed by atoms with van der Waals surface area (Å²) in [4.78, 5) is 35.2. The van der Waals surface area contributed by atoms with Gasteiger partial charge in [-0.3, -0.25) is 4.79 Å². The van der Waals surface area contributed by atoms with Crippen LogP contribution >= 0.6 is 0 Å². The Bertz CT molecular complexity index is 608. The number of amides is 1. The molecule has 0 aliphatic heterocycles. The molecule has 25 heavy (non-hydrogen) atoms. The van der Waals surface area contributed by atoms with E-state index in [0.29, 0.717) is 5.56 Å². The zero-order chi connectivity index (χ0) is 18.8. The number of carbonyl (C=O) groups excluding carboxylic acids is 3. The second-order valence-corrected chi connectivity index (χ2v) is 6.14. The van der Waals surface area contributed by atoms with E-state index >= 15 is 0 Å². The van der Waals surface area contributed by atoms with Gasteiger partial charge in [0.1, 0.15) is 6.61 Å². The molecule has 6 heteroatoms. The molecule has 0 radical (unpaired) electrons. The molecule has 1 amide bonds. The molecule has 0 spiro atoms. The van der Waals surface area contributed by atoms with Gasteiger partial charge in [0, 0.05) is 17.7 Å². The number of benzene rings is 1. The van der Waals surface area contributed by atoms with Crippen molar-refractivity contribution in [2.75, 3.05) is 6.61 Å². The third-order valence-electron chi connectivity index (χ3n) is 3.27. The fourth-order valence-electron chi connectivity index (χ4n) is 1.87. The van der Waals surface area contributed by atoms with Gasteiger partial charge in [0.25, 0.3) is 5.91 Å². The Kier molecular flexibility index (Phi) is 8.39. The number of carbonyl (C=O) groups is 3. The number of rotatable bonds is 8. The summed E-state index contributed by atoms with van der Waals surface area (Å²) in [5, 5.41) is 2.85. The molecule has 0 aliphatic carbocycles. The minimum atomic E-state index is -0.666. The molecule has 0 saturated heterocycles. The summed E-state index contributed by atoms with van der Waals surface area (Å²) in [6.07, 6.45) is 1.78. The van der Waals surface area contributed by atoms with Crippen LogP contribution in [0.4, 0.5) is 0 Å². The van der Waals surface area contributed by atoms with E-state index in [1.807, 2.05) is 19.9 Å². The average molecular weight is 347 g/mol. The van der Waals surface area contributed by atoms with E-state index in [1.165, 1.54) is 0 Å². The van der Waals surface area contributed by atoms with Crippen LogP contribution in [-0.2, 0) is 19.1 Å². The Hall–Kier alpha value is -2.63. The molecule has 0 unspecified atom stereocenters. The summed E-state index contributed by atoms with van der Waals surface area (Å²) in [6, 6.07) is 8.46. The Labute approximate surface area is 148 Å². The van der Waals surface area contributed by atoms with E-state index in [-0.39, 0.29) is 30.6 Å². The van der Waals surface area contributed by atoms with Crippen LogP contribution in [0.2, 0.25) is 0 Å². The SMILES string of the molecule is CC(C)OC(=O)/C=C/C(=O)OC[C@@H](NC(=O)c1ccccc1)C(C)C. The first kappa shape index (κ1) is 20.4. The second-order valence-electron chi connectivity index (χ2n) is 6.14. The lowest BCUT2D eigenvalue weighted by Gasteiger charge is -2.21. The molecular weight excluding hydrogens is 322 g/mol. The van der Waals surface area contributed by atoms with Gasteiger partial charge >= 0.3 is 11.9 Å². The fourth-order valence-corrected chi connectivity index (χ4v) is 1.87. The Morgan fingerprint density at radius 1 is 1.00 bits per heavy atom. The van der Waals surface area contributed by atoms with Crippen LogP contribution in [0, 0.1) is 5.92 Å². The zero-order valence-electron chi connectivity index (χ0n) is 15.0. The van der Waals surface area contributed by atoms with Crippen LogP contribution in [0.3, 0.4) is 0 Å². The van der Waals surface area contributed by atoms with Crippen molar-refractivity contribution >= 4 is 17.8 Å². The van der Waals surface area contributed by atoms with Gasteiger partial charge in [-0.05, 0) is 31.9 Å². The van der Waals surface area contributed by atoms with E-state index in [2.05, 4.69) is 5.32 Å². The maximum Gasteiger partial charge on any atom is 0.331 e. The van der Waals surface area contributed by atoms with Crippen molar-refractivity contribution in [1.82, 2.24) is 5.32 Å². The number of hydrogen-bond acceptors (Lipinski definition) is 5. The first-order chi connectivity index (χ1) is 11.8. The molecule has 0 fully saturated rings. The van der Waals surface area contributed by atoms with Crippen molar-refractivity contribution in [3.05, 3.63) is 48.0 Å². The molecular formula is C19H25NO5. The fraction of sp³-hybridized carbons (Fsp3) is 0.421. The summed E-state index contributed by atoms with van der Waals surface area (Å²) in [6.45, 7) is 7.28. The van der Waals surface area contributed by atoms with Gasteiger partial charge in [-0.2, -0.15) is 0 Å². The molecule has 0 heterocycles. The van der Waals surface area contributed by atoms with Crippen molar-refractivity contribution < 1.29 is 23.9 Å². The van der Waals surface area contributed by atoms with Gasteiger partial charge in [0.05, 0.1) is 12.1 Å². The summed E-state index contributed by atoms with van der Waals surface area (Å²) >= 11 is 0. The van der Waals surface area contributed by atoms with Crippen molar-refractivity contribution in [3.63, 3.8) is 0 Å². The standard InChI is InChI=1S/C19H25NO5/c1-13(2)16(20-19(23)15-8-6-5-7-9-15)12-24-17(21)10-11-18(22)25-14(3)4/h5-11,13-14,16H,12H2,1-4H3,(H,20,23)/b11-10+/t16-/m1/s1. The molecule has 0 aliphatic rings. The van der Waals surface area contributed by atoms with E-state index < -0.39 is 11.9 Å². The molecule has 1 N–H and O–H groups in total. The zero-order valence-corrected chi connectivity index (χ0v) is 15.0. The molecule has 1 atom stereocenters.